The van der Waals surface area contributed by atoms with Crippen molar-refractivity contribution in [3.05, 3.63) is 72.0 Å². The maximum atomic E-state index is 13.4. The number of hydrogen-bond acceptors (Lipinski definition) is 6. The highest BCUT2D eigenvalue weighted by Gasteiger charge is 2.14. The molecule has 9 heteroatoms. The van der Waals surface area contributed by atoms with Crippen LogP contribution in [0, 0.1) is 12.7 Å². The van der Waals surface area contributed by atoms with E-state index in [2.05, 4.69) is 25.4 Å². The van der Waals surface area contributed by atoms with E-state index in [0.29, 0.717) is 34.3 Å². The highest BCUT2D eigenvalue weighted by atomic mass is 19.1. The molecular weight excluding hydrogens is 387 g/mol. The van der Waals surface area contributed by atoms with Crippen LogP contribution in [-0.4, -0.2) is 30.6 Å². The predicted molar refractivity (Wildman–Crippen MR) is 108 cm³/mol. The number of anilines is 1. The number of halogens is 1. The predicted octanol–water partition coefficient (Wildman–Crippen LogP) is 4.14. The zero-order valence-electron chi connectivity index (χ0n) is 16.6. The van der Waals surface area contributed by atoms with Gasteiger partial charge >= 0.3 is 0 Å². The number of amides is 1. The Labute approximate surface area is 171 Å². The van der Waals surface area contributed by atoms with Gasteiger partial charge in [-0.3, -0.25) is 9.36 Å². The Morgan fingerprint density at radius 1 is 1.20 bits per heavy atom. The summed E-state index contributed by atoms with van der Waals surface area (Å²) >= 11 is 0. The van der Waals surface area contributed by atoms with Crippen LogP contribution in [0.25, 0.3) is 17.3 Å². The molecule has 1 N–H and O–H groups in total. The molecule has 3 aromatic heterocycles. The summed E-state index contributed by atoms with van der Waals surface area (Å²) in [6, 6.07) is 7.94. The Balaban J connectivity index is 1.49. The second-order valence-electron chi connectivity index (χ2n) is 7.10. The average Bonchev–Trinajstić information content (AvgIpc) is 3.41. The fraction of sp³-hybridized carbons (Fsp3) is 0.190. The molecule has 0 unspecified atom stereocenters. The Kier molecular flexibility index (Phi) is 5.09. The van der Waals surface area contributed by atoms with Crippen molar-refractivity contribution in [1.82, 2.24) is 24.7 Å². The molecule has 0 saturated carbocycles. The van der Waals surface area contributed by atoms with Gasteiger partial charge in [0.2, 0.25) is 0 Å². The quantitative estimate of drug-likeness (QED) is 0.535. The third-order valence-electron chi connectivity index (χ3n) is 4.45. The maximum absolute atomic E-state index is 13.4. The van der Waals surface area contributed by atoms with Crippen LogP contribution in [0.15, 0.2) is 53.6 Å². The van der Waals surface area contributed by atoms with E-state index in [-0.39, 0.29) is 17.4 Å². The topological polar surface area (TPSA) is 98.7 Å². The molecule has 0 aliphatic carbocycles. The Morgan fingerprint density at radius 2 is 2.03 bits per heavy atom. The molecule has 0 aliphatic rings. The zero-order chi connectivity index (χ0) is 21.3. The van der Waals surface area contributed by atoms with E-state index < -0.39 is 5.91 Å². The van der Waals surface area contributed by atoms with Crippen molar-refractivity contribution in [2.45, 2.75) is 26.7 Å². The first-order chi connectivity index (χ1) is 14.4. The molecule has 0 aliphatic heterocycles. The van der Waals surface area contributed by atoms with E-state index >= 15 is 0 Å². The van der Waals surface area contributed by atoms with Gasteiger partial charge < -0.3 is 9.84 Å². The maximum Gasteiger partial charge on any atom is 0.275 e. The van der Waals surface area contributed by atoms with Gasteiger partial charge in [-0.2, -0.15) is 4.98 Å². The molecule has 1 amide bonds. The number of nitrogens with zero attached hydrogens (tertiary/aromatic N) is 5. The normalized spacial score (nSPS) is 11.1. The molecule has 1 aromatic carbocycles. The fourth-order valence-corrected chi connectivity index (χ4v) is 2.73. The summed E-state index contributed by atoms with van der Waals surface area (Å²) in [4.78, 5) is 25.3. The highest BCUT2D eigenvalue weighted by Crippen LogP contribution is 2.20. The second-order valence-corrected chi connectivity index (χ2v) is 7.10. The van der Waals surface area contributed by atoms with Crippen molar-refractivity contribution >= 4 is 11.6 Å². The summed E-state index contributed by atoms with van der Waals surface area (Å²) < 4.78 is 20.3. The van der Waals surface area contributed by atoms with Crippen LogP contribution < -0.4 is 5.32 Å². The van der Waals surface area contributed by atoms with E-state index in [1.807, 2.05) is 13.8 Å². The summed E-state index contributed by atoms with van der Waals surface area (Å²) in [5.74, 6) is 1.06. The number of rotatable bonds is 5. The van der Waals surface area contributed by atoms with Crippen LogP contribution >= 0.6 is 0 Å². The lowest BCUT2D eigenvalue weighted by atomic mass is 10.2. The van der Waals surface area contributed by atoms with Crippen LogP contribution in [0.4, 0.5) is 10.1 Å². The van der Waals surface area contributed by atoms with Crippen LogP contribution in [0.5, 0.6) is 0 Å². The van der Waals surface area contributed by atoms with Crippen molar-refractivity contribution in [2.24, 2.45) is 0 Å². The number of aromatic nitrogens is 5. The molecule has 0 spiro atoms. The number of carbonyl (C=O) groups excluding carboxylic acids is 1. The van der Waals surface area contributed by atoms with Crippen molar-refractivity contribution in [1.29, 1.82) is 0 Å². The van der Waals surface area contributed by atoms with E-state index in [1.165, 1.54) is 18.5 Å². The van der Waals surface area contributed by atoms with Gasteiger partial charge in [0.1, 0.15) is 23.7 Å². The fourth-order valence-electron chi connectivity index (χ4n) is 2.73. The van der Waals surface area contributed by atoms with Gasteiger partial charge in [0, 0.05) is 24.0 Å². The monoisotopic (exact) mass is 406 g/mol. The molecule has 0 saturated heterocycles. The minimum Gasteiger partial charge on any atom is -0.334 e. The minimum atomic E-state index is -0.400. The number of nitrogens with one attached hydrogen (secondary N) is 1. The van der Waals surface area contributed by atoms with Crippen LogP contribution in [0.2, 0.25) is 0 Å². The third kappa shape index (κ3) is 3.95. The number of benzene rings is 1. The van der Waals surface area contributed by atoms with Crippen LogP contribution in [-0.2, 0) is 0 Å². The van der Waals surface area contributed by atoms with Gasteiger partial charge in [-0.25, -0.2) is 14.4 Å². The Bertz CT molecular complexity index is 1200. The summed E-state index contributed by atoms with van der Waals surface area (Å²) in [6.07, 6.45) is 4.68. The Morgan fingerprint density at radius 3 is 2.70 bits per heavy atom. The third-order valence-corrected chi connectivity index (χ3v) is 4.45. The molecule has 0 fully saturated rings. The van der Waals surface area contributed by atoms with E-state index in [9.17, 15) is 9.18 Å². The molecule has 4 rings (SSSR count). The van der Waals surface area contributed by atoms with Gasteiger partial charge in [-0.15, -0.1) is 0 Å². The second kappa shape index (κ2) is 7.86. The number of carbonyl (C=O) groups is 1. The van der Waals surface area contributed by atoms with Gasteiger partial charge in [0.25, 0.3) is 11.8 Å². The van der Waals surface area contributed by atoms with Gasteiger partial charge in [0.15, 0.2) is 5.82 Å². The lowest BCUT2D eigenvalue weighted by molar-refractivity contribution is 0.102. The summed E-state index contributed by atoms with van der Waals surface area (Å²) in [7, 11) is 0. The number of hydrogen-bond donors (Lipinski definition) is 1. The first kappa shape index (κ1) is 19.4. The van der Waals surface area contributed by atoms with E-state index in [4.69, 9.17) is 4.52 Å². The highest BCUT2D eigenvalue weighted by molar-refractivity contribution is 6.02. The molecule has 152 valence electrons. The number of pyridine rings is 1. The first-order valence-corrected chi connectivity index (χ1v) is 9.32. The zero-order valence-corrected chi connectivity index (χ0v) is 16.6. The molecule has 4 aromatic rings. The van der Waals surface area contributed by atoms with Crippen molar-refractivity contribution in [3.8, 4) is 17.3 Å². The first-order valence-electron chi connectivity index (χ1n) is 9.32. The molecule has 3 heterocycles. The van der Waals surface area contributed by atoms with Gasteiger partial charge in [-0.05, 0) is 42.8 Å². The van der Waals surface area contributed by atoms with Gasteiger partial charge in [-0.1, -0.05) is 19.0 Å². The van der Waals surface area contributed by atoms with Crippen molar-refractivity contribution in [3.63, 3.8) is 0 Å². The summed E-state index contributed by atoms with van der Waals surface area (Å²) in [6.45, 7) is 5.60. The molecule has 0 atom stereocenters. The van der Waals surface area contributed by atoms with Crippen molar-refractivity contribution < 1.29 is 13.7 Å². The summed E-state index contributed by atoms with van der Waals surface area (Å²) in [5, 5.41) is 6.65. The van der Waals surface area contributed by atoms with E-state index in [1.54, 1.807) is 42.1 Å². The average molecular weight is 406 g/mol. The number of aryl methyl sites for hydroxylation is 1. The SMILES string of the molecule is Cc1cc(NC(=O)c2cn(-c3ccc(-c4nc(C(C)C)no4)cn3)cn2)ccc1F. The molecule has 0 radical (unpaired) electrons. The molecular formula is C21H19FN6O2. The standard InChI is InChI=1S/C21H19FN6O2/c1-12(2)19-26-21(30-27-19)14-4-7-18(23-9-14)28-10-17(24-11-28)20(29)25-15-5-6-16(22)13(3)8-15/h4-12H,1-3H3,(H,25,29). The smallest absolute Gasteiger partial charge is 0.275 e. The van der Waals surface area contributed by atoms with Crippen LogP contribution in [0.1, 0.15) is 41.6 Å². The minimum absolute atomic E-state index is 0.170. The molecule has 0 bridgehead atoms. The molecule has 30 heavy (non-hydrogen) atoms. The Hall–Kier alpha value is -3.88. The lowest BCUT2D eigenvalue weighted by Gasteiger charge is -2.05. The van der Waals surface area contributed by atoms with Gasteiger partial charge in [0.05, 0.1) is 5.56 Å². The summed E-state index contributed by atoms with van der Waals surface area (Å²) in [5.41, 5.74) is 1.85. The van der Waals surface area contributed by atoms with E-state index in [0.717, 1.165) is 0 Å². The van der Waals surface area contributed by atoms with Crippen LogP contribution in [0.3, 0.4) is 0 Å². The van der Waals surface area contributed by atoms with Crippen molar-refractivity contribution in [2.75, 3.05) is 5.32 Å². The molecule has 8 nitrogen and oxygen atoms in total. The largest absolute Gasteiger partial charge is 0.334 e. The number of imidazole rings is 1. The lowest BCUT2D eigenvalue weighted by Crippen LogP contribution is -2.12.